The lowest BCUT2D eigenvalue weighted by atomic mass is 10.0. The van der Waals surface area contributed by atoms with Gasteiger partial charge in [-0.15, -0.1) is 11.3 Å². The lowest BCUT2D eigenvalue weighted by Crippen LogP contribution is -2.43. The average molecular weight is 311 g/mol. The molecule has 0 aromatic carbocycles. The molecule has 1 aliphatic rings. The first-order valence-corrected chi connectivity index (χ1v) is 7.89. The zero-order valence-electron chi connectivity index (χ0n) is 12.5. The van der Waals surface area contributed by atoms with Gasteiger partial charge >= 0.3 is 12.1 Å². The van der Waals surface area contributed by atoms with Gasteiger partial charge in [0.25, 0.3) is 0 Å². The van der Waals surface area contributed by atoms with Crippen molar-refractivity contribution in [1.82, 2.24) is 4.90 Å². The Morgan fingerprint density at radius 2 is 2.19 bits per heavy atom. The van der Waals surface area contributed by atoms with Crippen LogP contribution in [0.3, 0.4) is 0 Å². The molecule has 2 rings (SSSR count). The number of carbonyl (C=O) groups is 2. The van der Waals surface area contributed by atoms with E-state index in [2.05, 4.69) is 0 Å². The van der Waals surface area contributed by atoms with Gasteiger partial charge in [0.05, 0.1) is 0 Å². The molecule has 116 valence electrons. The maximum atomic E-state index is 12.2. The largest absolute Gasteiger partial charge is 0.480 e. The van der Waals surface area contributed by atoms with Gasteiger partial charge in [0.2, 0.25) is 0 Å². The smallest absolute Gasteiger partial charge is 0.411 e. The van der Waals surface area contributed by atoms with Gasteiger partial charge in [0.15, 0.2) is 0 Å². The molecule has 1 aliphatic heterocycles. The SMILES string of the molecule is CC(C)(C)OC(=O)N1C[C@H](Cc2cccs2)C[C@H]1C(=O)O. The van der Waals surface area contributed by atoms with Crippen molar-refractivity contribution in [3.63, 3.8) is 0 Å². The van der Waals surface area contributed by atoms with Crippen LogP contribution in [0.2, 0.25) is 0 Å². The van der Waals surface area contributed by atoms with E-state index in [1.165, 1.54) is 9.78 Å². The Hall–Kier alpha value is -1.56. The third-order valence-corrected chi connectivity index (χ3v) is 4.27. The quantitative estimate of drug-likeness (QED) is 0.932. The Morgan fingerprint density at radius 3 is 2.71 bits per heavy atom. The first-order valence-electron chi connectivity index (χ1n) is 7.01. The summed E-state index contributed by atoms with van der Waals surface area (Å²) in [4.78, 5) is 26.1. The van der Waals surface area contributed by atoms with Crippen molar-refractivity contribution in [2.75, 3.05) is 6.54 Å². The van der Waals surface area contributed by atoms with Crippen LogP contribution in [0.1, 0.15) is 32.1 Å². The van der Waals surface area contributed by atoms with E-state index in [4.69, 9.17) is 4.74 Å². The van der Waals surface area contributed by atoms with Gasteiger partial charge < -0.3 is 9.84 Å². The molecular weight excluding hydrogens is 290 g/mol. The van der Waals surface area contributed by atoms with Crippen molar-refractivity contribution >= 4 is 23.4 Å². The summed E-state index contributed by atoms with van der Waals surface area (Å²) in [6.07, 6.45) is 0.747. The molecule has 1 saturated heterocycles. The molecule has 1 amide bonds. The first kappa shape index (κ1) is 15.8. The number of nitrogens with zero attached hydrogens (tertiary/aromatic N) is 1. The fraction of sp³-hybridized carbons (Fsp3) is 0.600. The third kappa shape index (κ3) is 4.20. The van der Waals surface area contributed by atoms with Gasteiger partial charge in [-0.05, 0) is 51.0 Å². The Labute approximate surface area is 128 Å². The number of hydrogen-bond donors (Lipinski definition) is 1. The maximum absolute atomic E-state index is 12.2. The summed E-state index contributed by atoms with van der Waals surface area (Å²) >= 11 is 1.66. The van der Waals surface area contributed by atoms with Gasteiger partial charge in [0, 0.05) is 11.4 Å². The van der Waals surface area contributed by atoms with Crippen molar-refractivity contribution in [3.05, 3.63) is 22.4 Å². The third-order valence-electron chi connectivity index (χ3n) is 3.37. The second kappa shape index (κ2) is 6.05. The zero-order valence-corrected chi connectivity index (χ0v) is 13.4. The van der Waals surface area contributed by atoms with Crippen LogP contribution in [-0.4, -0.2) is 40.3 Å². The number of ether oxygens (including phenoxy) is 1. The second-order valence-corrected chi connectivity index (χ2v) is 7.40. The molecule has 5 nitrogen and oxygen atoms in total. The Morgan fingerprint density at radius 1 is 1.48 bits per heavy atom. The molecule has 0 saturated carbocycles. The molecule has 6 heteroatoms. The second-order valence-electron chi connectivity index (χ2n) is 6.37. The fourth-order valence-electron chi connectivity index (χ4n) is 2.54. The average Bonchev–Trinajstić information content (AvgIpc) is 2.96. The highest BCUT2D eigenvalue weighted by atomic mass is 32.1. The molecule has 2 heterocycles. The molecule has 0 spiro atoms. The number of hydrogen-bond acceptors (Lipinski definition) is 4. The van der Waals surface area contributed by atoms with Crippen molar-refractivity contribution in [3.8, 4) is 0 Å². The number of aliphatic carboxylic acids is 1. The van der Waals surface area contributed by atoms with Gasteiger partial charge in [-0.2, -0.15) is 0 Å². The molecule has 0 radical (unpaired) electrons. The molecule has 0 bridgehead atoms. The predicted octanol–water partition coefficient (Wildman–Crippen LogP) is 3.00. The van der Waals surface area contributed by atoms with Gasteiger partial charge in [-0.25, -0.2) is 9.59 Å². The molecule has 0 unspecified atom stereocenters. The van der Waals surface area contributed by atoms with Crippen molar-refractivity contribution in [1.29, 1.82) is 0 Å². The molecule has 1 aromatic rings. The Bertz CT molecular complexity index is 506. The summed E-state index contributed by atoms with van der Waals surface area (Å²) in [7, 11) is 0. The summed E-state index contributed by atoms with van der Waals surface area (Å²) in [5.74, 6) is -0.799. The van der Waals surface area contributed by atoms with Crippen LogP contribution < -0.4 is 0 Å². The van der Waals surface area contributed by atoms with E-state index in [0.717, 1.165) is 6.42 Å². The Balaban J connectivity index is 2.05. The van der Waals surface area contributed by atoms with Crippen LogP contribution in [0, 0.1) is 5.92 Å². The normalized spacial score (nSPS) is 22.3. The van der Waals surface area contributed by atoms with E-state index in [9.17, 15) is 14.7 Å². The number of thiophene rings is 1. The Kier molecular flexibility index (Phi) is 4.56. The van der Waals surface area contributed by atoms with E-state index in [-0.39, 0.29) is 5.92 Å². The van der Waals surface area contributed by atoms with Crippen LogP contribution in [0.5, 0.6) is 0 Å². The number of amides is 1. The van der Waals surface area contributed by atoms with Crippen LogP contribution in [-0.2, 0) is 16.0 Å². The summed E-state index contributed by atoms with van der Waals surface area (Å²) in [6, 6.07) is 3.23. The van der Waals surface area contributed by atoms with Crippen LogP contribution in [0.4, 0.5) is 4.79 Å². The highest BCUT2D eigenvalue weighted by Crippen LogP contribution is 2.29. The number of carboxylic acids is 1. The highest BCUT2D eigenvalue weighted by Gasteiger charge is 2.41. The highest BCUT2D eigenvalue weighted by molar-refractivity contribution is 7.09. The van der Waals surface area contributed by atoms with E-state index < -0.39 is 23.7 Å². The lowest BCUT2D eigenvalue weighted by molar-refractivity contribution is -0.142. The van der Waals surface area contributed by atoms with Crippen LogP contribution in [0.15, 0.2) is 17.5 Å². The molecule has 21 heavy (non-hydrogen) atoms. The molecule has 1 fully saturated rings. The summed E-state index contributed by atoms with van der Waals surface area (Å²) in [5, 5.41) is 11.3. The number of likely N-dealkylation sites (tertiary alicyclic amines) is 1. The first-order chi connectivity index (χ1) is 9.76. The minimum Gasteiger partial charge on any atom is -0.480 e. The molecule has 0 aliphatic carbocycles. The van der Waals surface area contributed by atoms with Gasteiger partial charge in [0.1, 0.15) is 11.6 Å². The minimum atomic E-state index is -0.963. The van der Waals surface area contributed by atoms with Gasteiger partial charge in [-0.3, -0.25) is 4.90 Å². The number of carboxylic acid groups (broad SMARTS) is 1. The standard InChI is InChI=1S/C15H21NO4S/c1-15(2,3)20-14(19)16-9-10(8-12(16)13(17)18)7-11-5-4-6-21-11/h4-6,10,12H,7-9H2,1-3H3,(H,17,18)/t10-,12+/m1/s1. The maximum Gasteiger partial charge on any atom is 0.411 e. The number of rotatable bonds is 3. The van der Waals surface area contributed by atoms with E-state index in [1.54, 1.807) is 32.1 Å². The molecule has 1 N–H and O–H groups in total. The van der Waals surface area contributed by atoms with E-state index >= 15 is 0 Å². The summed E-state index contributed by atoms with van der Waals surface area (Å²) in [6.45, 7) is 5.77. The summed E-state index contributed by atoms with van der Waals surface area (Å²) in [5.41, 5.74) is -0.619. The number of carbonyl (C=O) groups excluding carboxylic acids is 1. The van der Waals surface area contributed by atoms with E-state index in [0.29, 0.717) is 13.0 Å². The topological polar surface area (TPSA) is 66.8 Å². The predicted molar refractivity (Wildman–Crippen MR) is 80.5 cm³/mol. The molecule has 1 aromatic heterocycles. The molecule has 2 atom stereocenters. The van der Waals surface area contributed by atoms with Gasteiger partial charge in [-0.1, -0.05) is 6.07 Å². The zero-order chi connectivity index (χ0) is 15.6. The summed E-state index contributed by atoms with van der Waals surface area (Å²) < 4.78 is 5.31. The van der Waals surface area contributed by atoms with Crippen molar-refractivity contribution < 1.29 is 19.4 Å². The van der Waals surface area contributed by atoms with Crippen LogP contribution in [0.25, 0.3) is 0 Å². The van der Waals surface area contributed by atoms with Crippen molar-refractivity contribution in [2.24, 2.45) is 5.92 Å². The fourth-order valence-corrected chi connectivity index (χ4v) is 3.36. The minimum absolute atomic E-state index is 0.164. The van der Waals surface area contributed by atoms with Crippen molar-refractivity contribution in [2.45, 2.75) is 45.3 Å². The monoisotopic (exact) mass is 311 g/mol. The van der Waals surface area contributed by atoms with E-state index in [1.807, 2.05) is 17.5 Å². The van der Waals surface area contributed by atoms with Crippen LogP contribution >= 0.6 is 11.3 Å². The molecular formula is C15H21NO4S. The lowest BCUT2D eigenvalue weighted by Gasteiger charge is -2.26.